The SMILES string of the molecule is Cc1cc(C(CN)N2CC(C)CC(C)C2C)ccc1Br. The lowest BCUT2D eigenvalue weighted by Gasteiger charge is -2.45. The Kier molecular flexibility index (Phi) is 5.27. The zero-order chi connectivity index (χ0) is 14.9. The first-order valence-corrected chi connectivity index (χ1v) is 8.45. The number of rotatable bonds is 3. The van der Waals surface area contributed by atoms with Gasteiger partial charge in [-0.15, -0.1) is 0 Å². The molecule has 0 aliphatic carbocycles. The Labute approximate surface area is 131 Å². The molecule has 1 fully saturated rings. The van der Waals surface area contributed by atoms with Gasteiger partial charge >= 0.3 is 0 Å². The first kappa shape index (κ1) is 16.0. The Morgan fingerprint density at radius 1 is 1.35 bits per heavy atom. The molecule has 1 aliphatic rings. The van der Waals surface area contributed by atoms with Crippen molar-refractivity contribution in [3.63, 3.8) is 0 Å². The maximum absolute atomic E-state index is 6.12. The van der Waals surface area contributed by atoms with Crippen molar-refractivity contribution in [3.05, 3.63) is 33.8 Å². The van der Waals surface area contributed by atoms with Crippen LogP contribution < -0.4 is 5.73 Å². The van der Waals surface area contributed by atoms with Crippen LogP contribution in [-0.2, 0) is 0 Å². The Hall–Kier alpha value is -0.380. The van der Waals surface area contributed by atoms with Crippen LogP contribution in [-0.4, -0.2) is 24.0 Å². The van der Waals surface area contributed by atoms with Crippen molar-refractivity contribution in [1.82, 2.24) is 4.90 Å². The molecule has 0 radical (unpaired) electrons. The summed E-state index contributed by atoms with van der Waals surface area (Å²) in [5.74, 6) is 1.50. The van der Waals surface area contributed by atoms with E-state index in [9.17, 15) is 0 Å². The molecule has 0 amide bonds. The minimum Gasteiger partial charge on any atom is -0.329 e. The molecule has 1 aliphatic heterocycles. The van der Waals surface area contributed by atoms with Crippen LogP contribution in [0.5, 0.6) is 0 Å². The van der Waals surface area contributed by atoms with Crippen molar-refractivity contribution in [3.8, 4) is 0 Å². The topological polar surface area (TPSA) is 29.3 Å². The van der Waals surface area contributed by atoms with Crippen LogP contribution in [0.4, 0.5) is 0 Å². The number of benzene rings is 1. The van der Waals surface area contributed by atoms with Crippen molar-refractivity contribution in [2.24, 2.45) is 17.6 Å². The molecule has 112 valence electrons. The average Bonchev–Trinajstić information content (AvgIpc) is 2.40. The molecule has 1 aromatic carbocycles. The van der Waals surface area contributed by atoms with Crippen LogP contribution in [0.2, 0.25) is 0 Å². The van der Waals surface area contributed by atoms with Gasteiger partial charge in [-0.05, 0) is 49.3 Å². The minimum atomic E-state index is 0.335. The van der Waals surface area contributed by atoms with E-state index in [1.54, 1.807) is 0 Å². The van der Waals surface area contributed by atoms with Gasteiger partial charge in [0.15, 0.2) is 0 Å². The van der Waals surface area contributed by atoms with Crippen LogP contribution in [0.15, 0.2) is 22.7 Å². The van der Waals surface area contributed by atoms with Gasteiger partial charge in [0, 0.05) is 29.6 Å². The zero-order valence-electron chi connectivity index (χ0n) is 13.1. The van der Waals surface area contributed by atoms with E-state index < -0.39 is 0 Å². The Morgan fingerprint density at radius 3 is 2.65 bits per heavy atom. The van der Waals surface area contributed by atoms with E-state index in [2.05, 4.69) is 66.7 Å². The van der Waals surface area contributed by atoms with Crippen molar-refractivity contribution in [1.29, 1.82) is 0 Å². The number of nitrogens with zero attached hydrogens (tertiary/aromatic N) is 1. The smallest absolute Gasteiger partial charge is 0.0473 e. The summed E-state index contributed by atoms with van der Waals surface area (Å²) < 4.78 is 1.17. The molecule has 2 N–H and O–H groups in total. The van der Waals surface area contributed by atoms with Gasteiger partial charge in [-0.2, -0.15) is 0 Å². The van der Waals surface area contributed by atoms with Crippen molar-refractivity contribution < 1.29 is 0 Å². The number of hydrogen-bond acceptors (Lipinski definition) is 2. The number of halogens is 1. The summed E-state index contributed by atoms with van der Waals surface area (Å²) in [5, 5.41) is 0. The number of nitrogens with two attached hydrogens (primary N) is 1. The Morgan fingerprint density at radius 2 is 2.05 bits per heavy atom. The first-order chi connectivity index (χ1) is 9.43. The standard InChI is InChI=1S/C17H27BrN2/c1-11-7-12(2)14(4)20(10-11)17(9-19)15-5-6-16(18)13(3)8-15/h5-6,8,11-12,14,17H,7,9-10,19H2,1-4H3. The fourth-order valence-electron chi connectivity index (χ4n) is 3.51. The van der Waals surface area contributed by atoms with E-state index in [4.69, 9.17) is 5.73 Å². The lowest BCUT2D eigenvalue weighted by atomic mass is 9.84. The highest BCUT2D eigenvalue weighted by atomic mass is 79.9. The number of aryl methyl sites for hydroxylation is 1. The van der Waals surface area contributed by atoms with E-state index in [-0.39, 0.29) is 0 Å². The highest BCUT2D eigenvalue weighted by Gasteiger charge is 2.33. The fraction of sp³-hybridized carbons (Fsp3) is 0.647. The van der Waals surface area contributed by atoms with Gasteiger partial charge in [0.25, 0.3) is 0 Å². The van der Waals surface area contributed by atoms with Crippen molar-refractivity contribution in [2.75, 3.05) is 13.1 Å². The third-order valence-electron chi connectivity index (χ3n) is 4.83. The molecule has 1 saturated heterocycles. The normalized spacial score (nSPS) is 29.4. The summed E-state index contributed by atoms with van der Waals surface area (Å²) in [6, 6.07) is 7.57. The van der Waals surface area contributed by atoms with E-state index in [1.807, 2.05) is 0 Å². The number of hydrogen-bond donors (Lipinski definition) is 1. The average molecular weight is 339 g/mol. The second-order valence-corrected chi connectivity index (χ2v) is 7.37. The van der Waals surface area contributed by atoms with Gasteiger partial charge < -0.3 is 5.73 Å². The number of piperidine rings is 1. The molecule has 0 spiro atoms. The summed E-state index contributed by atoms with van der Waals surface area (Å²) in [4.78, 5) is 2.61. The van der Waals surface area contributed by atoms with Gasteiger partial charge in [-0.1, -0.05) is 41.9 Å². The molecule has 1 heterocycles. The highest BCUT2D eigenvalue weighted by molar-refractivity contribution is 9.10. The van der Waals surface area contributed by atoms with Crippen LogP contribution in [0.3, 0.4) is 0 Å². The summed E-state index contributed by atoms with van der Waals surface area (Å²) in [5.41, 5.74) is 8.76. The maximum atomic E-state index is 6.12. The summed E-state index contributed by atoms with van der Waals surface area (Å²) >= 11 is 3.58. The van der Waals surface area contributed by atoms with E-state index in [0.717, 1.165) is 18.4 Å². The quantitative estimate of drug-likeness (QED) is 0.897. The molecule has 4 unspecified atom stereocenters. The van der Waals surface area contributed by atoms with Crippen molar-refractivity contribution >= 4 is 15.9 Å². The minimum absolute atomic E-state index is 0.335. The van der Waals surface area contributed by atoms with Crippen LogP contribution >= 0.6 is 15.9 Å². The molecule has 4 atom stereocenters. The molecule has 3 heteroatoms. The maximum Gasteiger partial charge on any atom is 0.0473 e. The second-order valence-electron chi connectivity index (χ2n) is 6.52. The van der Waals surface area contributed by atoms with Gasteiger partial charge in [0.1, 0.15) is 0 Å². The monoisotopic (exact) mass is 338 g/mol. The molecule has 0 bridgehead atoms. The Bertz CT molecular complexity index is 460. The predicted molar refractivity (Wildman–Crippen MR) is 89.8 cm³/mol. The molecule has 0 aromatic heterocycles. The summed E-state index contributed by atoms with van der Waals surface area (Å²) in [6.45, 7) is 11.1. The largest absolute Gasteiger partial charge is 0.329 e. The van der Waals surface area contributed by atoms with E-state index >= 15 is 0 Å². The van der Waals surface area contributed by atoms with Crippen LogP contribution in [0.25, 0.3) is 0 Å². The van der Waals surface area contributed by atoms with Crippen LogP contribution in [0.1, 0.15) is 44.4 Å². The second kappa shape index (κ2) is 6.59. The fourth-order valence-corrected chi connectivity index (χ4v) is 3.75. The van der Waals surface area contributed by atoms with E-state index in [1.165, 1.54) is 22.0 Å². The van der Waals surface area contributed by atoms with Gasteiger partial charge in [-0.3, -0.25) is 4.90 Å². The first-order valence-electron chi connectivity index (χ1n) is 7.65. The lowest BCUT2D eigenvalue weighted by Crippen LogP contribution is -2.49. The molecule has 2 rings (SSSR count). The molecule has 0 saturated carbocycles. The summed E-state index contributed by atoms with van der Waals surface area (Å²) in [7, 11) is 0. The zero-order valence-corrected chi connectivity index (χ0v) is 14.7. The predicted octanol–water partition coefficient (Wildman–Crippen LogP) is 4.12. The third-order valence-corrected chi connectivity index (χ3v) is 5.72. The van der Waals surface area contributed by atoms with Crippen LogP contribution in [0, 0.1) is 18.8 Å². The molecule has 1 aromatic rings. The van der Waals surface area contributed by atoms with Gasteiger partial charge in [0.2, 0.25) is 0 Å². The van der Waals surface area contributed by atoms with Gasteiger partial charge in [0.05, 0.1) is 0 Å². The highest BCUT2D eigenvalue weighted by Crippen LogP contribution is 2.34. The number of likely N-dealkylation sites (tertiary alicyclic amines) is 1. The lowest BCUT2D eigenvalue weighted by molar-refractivity contribution is 0.0424. The molecular weight excluding hydrogens is 312 g/mol. The Balaban J connectivity index is 2.28. The molecule has 2 nitrogen and oxygen atoms in total. The molecule has 20 heavy (non-hydrogen) atoms. The molecular formula is C17H27BrN2. The third kappa shape index (κ3) is 3.26. The summed E-state index contributed by atoms with van der Waals surface area (Å²) in [6.07, 6.45) is 1.33. The van der Waals surface area contributed by atoms with Gasteiger partial charge in [-0.25, -0.2) is 0 Å². The van der Waals surface area contributed by atoms with E-state index in [0.29, 0.717) is 18.6 Å². The van der Waals surface area contributed by atoms with Crippen molar-refractivity contribution in [2.45, 2.75) is 46.2 Å².